The largest absolute Gasteiger partial charge is 0.432 e. The van der Waals surface area contributed by atoms with Gasteiger partial charge in [-0.1, -0.05) is 42.5 Å². The summed E-state index contributed by atoms with van der Waals surface area (Å²) in [6, 6.07) is 9.52. The fourth-order valence-electron chi connectivity index (χ4n) is 0.850. The van der Waals surface area contributed by atoms with Crippen LogP contribution in [0.25, 0.3) is 6.08 Å². The van der Waals surface area contributed by atoms with Crippen molar-refractivity contribution in [2.24, 2.45) is 0 Å². The molecule has 90 valence electrons. The molecule has 0 aliphatic carbocycles. The van der Waals surface area contributed by atoms with E-state index in [1.165, 1.54) is 11.6 Å². The number of carbonyl (C=O) groups is 1. The zero-order valence-corrected chi connectivity index (χ0v) is 10.3. The smallest absolute Gasteiger partial charge is 0.335 e. The average Bonchev–Trinajstić information content (AvgIpc) is 2.27. The molecule has 0 fully saturated rings. The highest BCUT2D eigenvalue weighted by molar-refractivity contribution is 5.87. The van der Waals surface area contributed by atoms with Crippen molar-refractivity contribution in [3.63, 3.8) is 0 Å². The molecule has 0 aliphatic rings. The van der Waals surface area contributed by atoms with Crippen LogP contribution >= 0.6 is 0 Å². The highest BCUT2D eigenvalue weighted by Crippen LogP contribution is 2.00. The Morgan fingerprint density at radius 1 is 1.24 bits per heavy atom. The molecule has 2 heteroatoms. The average molecular weight is 230 g/mol. The van der Waals surface area contributed by atoms with Gasteiger partial charge in [0.1, 0.15) is 0 Å². The molecular formula is C15H18O2. The highest BCUT2D eigenvalue weighted by Gasteiger charge is 1.91. The summed E-state index contributed by atoms with van der Waals surface area (Å²) in [6.07, 6.45) is 4.15. The van der Waals surface area contributed by atoms with Crippen LogP contribution in [-0.2, 0) is 9.53 Å². The Bertz CT molecular complexity index is 385. The Morgan fingerprint density at radius 2 is 1.76 bits per heavy atom. The number of allylic oxidation sites excluding steroid dienone is 1. The number of hydrogen-bond donors (Lipinski definition) is 0. The summed E-state index contributed by atoms with van der Waals surface area (Å²) in [5, 5.41) is 0. The molecule has 0 aliphatic heterocycles. The second kappa shape index (κ2) is 9.16. The molecule has 0 saturated heterocycles. The van der Waals surface area contributed by atoms with Gasteiger partial charge in [-0.15, -0.1) is 6.58 Å². The number of esters is 1. The lowest BCUT2D eigenvalue weighted by Gasteiger charge is -1.91. The first-order chi connectivity index (χ1) is 8.06. The summed E-state index contributed by atoms with van der Waals surface area (Å²) in [7, 11) is 0. The van der Waals surface area contributed by atoms with Crippen molar-refractivity contribution in [3.8, 4) is 0 Å². The molecule has 0 radical (unpaired) electrons. The van der Waals surface area contributed by atoms with Crippen molar-refractivity contribution in [1.82, 2.24) is 0 Å². The molecule has 0 saturated carbocycles. The maximum Gasteiger partial charge on any atom is 0.335 e. The minimum absolute atomic E-state index is 0.418. The molecule has 0 spiro atoms. The highest BCUT2D eigenvalue weighted by atomic mass is 16.5. The summed E-state index contributed by atoms with van der Waals surface area (Å²) < 4.78 is 4.50. The minimum Gasteiger partial charge on any atom is -0.432 e. The second-order valence-electron chi connectivity index (χ2n) is 3.55. The number of hydrogen-bond acceptors (Lipinski definition) is 2. The summed E-state index contributed by atoms with van der Waals surface area (Å²) in [4.78, 5) is 10.8. The van der Waals surface area contributed by atoms with Crippen molar-refractivity contribution < 1.29 is 9.53 Å². The molecule has 1 rings (SSSR count). The normalized spacial score (nSPS) is 9.06. The molecule has 0 bridgehead atoms. The minimum atomic E-state index is -0.418. The summed E-state index contributed by atoms with van der Waals surface area (Å²) >= 11 is 0. The number of rotatable bonds is 3. The third kappa shape index (κ3) is 10.2. The standard InChI is InChI=1S/C11H10O2.C4H8/c1-2-13-11(12)9-8-10-6-4-3-5-7-10;1-4(2)3/h2-9H,1H2;1H2,2-3H3/b9-8+;. The zero-order valence-electron chi connectivity index (χ0n) is 10.3. The van der Waals surface area contributed by atoms with E-state index < -0.39 is 5.97 Å². The fraction of sp³-hybridized carbons (Fsp3) is 0.133. The van der Waals surface area contributed by atoms with Crippen molar-refractivity contribution in [3.05, 3.63) is 67.0 Å². The fourth-order valence-corrected chi connectivity index (χ4v) is 0.850. The SMILES string of the molecule is C=C(C)C.C=COC(=O)/C=C/c1ccccc1. The van der Waals surface area contributed by atoms with E-state index in [-0.39, 0.29) is 0 Å². The third-order valence-corrected chi connectivity index (χ3v) is 1.41. The molecule has 0 N–H and O–H groups in total. The maximum atomic E-state index is 10.8. The monoisotopic (exact) mass is 230 g/mol. The third-order valence-electron chi connectivity index (χ3n) is 1.41. The number of ether oxygens (including phenoxy) is 1. The molecule has 17 heavy (non-hydrogen) atoms. The van der Waals surface area contributed by atoms with E-state index >= 15 is 0 Å². The molecular weight excluding hydrogens is 212 g/mol. The van der Waals surface area contributed by atoms with Gasteiger partial charge in [0.05, 0.1) is 6.26 Å². The van der Waals surface area contributed by atoms with Crippen LogP contribution in [-0.4, -0.2) is 5.97 Å². The van der Waals surface area contributed by atoms with Crippen LogP contribution in [0.3, 0.4) is 0 Å². The van der Waals surface area contributed by atoms with E-state index in [1.807, 2.05) is 44.2 Å². The van der Waals surface area contributed by atoms with Gasteiger partial charge >= 0.3 is 5.97 Å². The molecule has 1 aromatic rings. The van der Waals surface area contributed by atoms with Gasteiger partial charge in [0.2, 0.25) is 0 Å². The van der Waals surface area contributed by atoms with Gasteiger partial charge < -0.3 is 4.74 Å². The van der Waals surface area contributed by atoms with Crippen LogP contribution in [0.15, 0.2) is 61.4 Å². The van der Waals surface area contributed by atoms with Crippen LogP contribution in [0.4, 0.5) is 0 Å². The Hall–Kier alpha value is -2.09. The van der Waals surface area contributed by atoms with E-state index in [9.17, 15) is 4.79 Å². The van der Waals surface area contributed by atoms with Crippen molar-refractivity contribution in [2.45, 2.75) is 13.8 Å². The molecule has 0 aromatic heterocycles. The van der Waals surface area contributed by atoms with Crippen molar-refractivity contribution >= 4 is 12.0 Å². The maximum absolute atomic E-state index is 10.8. The lowest BCUT2D eigenvalue weighted by atomic mass is 10.2. The van der Waals surface area contributed by atoms with Crippen LogP contribution in [0.2, 0.25) is 0 Å². The van der Waals surface area contributed by atoms with E-state index in [2.05, 4.69) is 17.9 Å². The van der Waals surface area contributed by atoms with E-state index in [0.717, 1.165) is 11.8 Å². The van der Waals surface area contributed by atoms with Crippen LogP contribution in [0, 0.1) is 0 Å². The first-order valence-corrected chi connectivity index (χ1v) is 5.23. The molecule has 0 amide bonds. The lowest BCUT2D eigenvalue weighted by molar-refractivity contribution is -0.132. The Balaban J connectivity index is 0.000000557. The van der Waals surface area contributed by atoms with Gasteiger partial charge in [0.25, 0.3) is 0 Å². The van der Waals surface area contributed by atoms with Crippen molar-refractivity contribution in [1.29, 1.82) is 0 Å². The molecule has 0 heterocycles. The Labute approximate surface area is 103 Å². The van der Waals surface area contributed by atoms with Crippen LogP contribution in [0.1, 0.15) is 19.4 Å². The first-order valence-electron chi connectivity index (χ1n) is 5.23. The first kappa shape index (κ1) is 14.9. The van der Waals surface area contributed by atoms with Gasteiger partial charge in [0.15, 0.2) is 0 Å². The predicted molar refractivity (Wildman–Crippen MR) is 72.3 cm³/mol. The van der Waals surface area contributed by atoms with Gasteiger partial charge in [-0.25, -0.2) is 4.79 Å². The van der Waals surface area contributed by atoms with Gasteiger partial charge in [-0.2, -0.15) is 0 Å². The van der Waals surface area contributed by atoms with Gasteiger partial charge in [-0.05, 0) is 25.5 Å². The zero-order chi connectivity index (χ0) is 13.1. The molecule has 0 unspecified atom stereocenters. The predicted octanol–water partition coefficient (Wildman–Crippen LogP) is 3.97. The van der Waals surface area contributed by atoms with Gasteiger partial charge in [-0.3, -0.25) is 0 Å². The van der Waals surface area contributed by atoms with Gasteiger partial charge in [0, 0.05) is 6.08 Å². The van der Waals surface area contributed by atoms with E-state index in [0.29, 0.717) is 0 Å². The quantitative estimate of drug-likeness (QED) is 0.340. The topological polar surface area (TPSA) is 26.3 Å². The Kier molecular flexibility index (Phi) is 8.03. The molecule has 2 nitrogen and oxygen atoms in total. The number of benzene rings is 1. The molecule has 1 aromatic carbocycles. The Morgan fingerprint density at radius 3 is 2.24 bits per heavy atom. The molecule has 0 atom stereocenters. The summed E-state index contributed by atoms with van der Waals surface area (Å²) in [5.74, 6) is -0.418. The second-order valence-corrected chi connectivity index (χ2v) is 3.55. The van der Waals surface area contributed by atoms with Crippen LogP contribution in [0.5, 0.6) is 0 Å². The van der Waals surface area contributed by atoms with Crippen molar-refractivity contribution in [2.75, 3.05) is 0 Å². The number of carbonyl (C=O) groups excluding carboxylic acids is 1. The summed E-state index contributed by atoms with van der Waals surface area (Å²) in [6.45, 7) is 10.8. The van der Waals surface area contributed by atoms with E-state index in [4.69, 9.17) is 0 Å². The summed E-state index contributed by atoms with van der Waals surface area (Å²) in [5.41, 5.74) is 2.13. The van der Waals surface area contributed by atoms with Crippen LogP contribution < -0.4 is 0 Å². The lowest BCUT2D eigenvalue weighted by Crippen LogP contribution is -1.92. The van der Waals surface area contributed by atoms with E-state index in [1.54, 1.807) is 6.08 Å².